The van der Waals surface area contributed by atoms with Gasteiger partial charge in [-0.05, 0) is 56.0 Å². The van der Waals surface area contributed by atoms with Crippen LogP contribution in [0.25, 0.3) is 16.8 Å². The molecule has 2 aliphatic heterocycles. The summed E-state index contributed by atoms with van der Waals surface area (Å²) in [6, 6.07) is 11.3. The standard InChI is InChI=1S/C27H27N7O2/c1-16-10-11-29-21(14-16)31-27(36)18-4-2-17(3-5-18)23-24-25(28)30-12-13-33(24)26(32-23)19-6-7-20-8-9-22(35)34(20)15-19/h2-5,10-14,19-20H,6-9,15H2,1H3,(H2,28,30)(H,29,31,36)/t19-,20+/m1/s1. The Kier molecular flexibility index (Phi) is 5.40. The Hall–Kier alpha value is -4.27. The van der Waals surface area contributed by atoms with Gasteiger partial charge in [0.1, 0.15) is 28.7 Å². The predicted octanol–water partition coefficient (Wildman–Crippen LogP) is 3.80. The molecule has 0 aliphatic carbocycles. The lowest BCUT2D eigenvalue weighted by molar-refractivity contribution is -0.130. The fraction of sp³-hybridized carbons (Fsp3) is 0.296. The highest BCUT2D eigenvalue weighted by Gasteiger charge is 2.38. The van der Waals surface area contributed by atoms with Gasteiger partial charge in [0.05, 0.1) is 0 Å². The van der Waals surface area contributed by atoms with Crippen LogP contribution in [0.4, 0.5) is 11.6 Å². The van der Waals surface area contributed by atoms with E-state index in [4.69, 9.17) is 10.7 Å². The molecule has 2 amide bonds. The lowest BCUT2D eigenvalue weighted by atomic mass is 9.92. The van der Waals surface area contributed by atoms with Crippen LogP contribution in [0.15, 0.2) is 55.0 Å². The van der Waals surface area contributed by atoms with Crippen LogP contribution in [-0.2, 0) is 4.79 Å². The first-order valence-corrected chi connectivity index (χ1v) is 12.2. The number of aromatic nitrogens is 4. The van der Waals surface area contributed by atoms with Crippen LogP contribution in [0.2, 0.25) is 0 Å². The van der Waals surface area contributed by atoms with Crippen molar-refractivity contribution in [3.63, 3.8) is 0 Å². The lowest BCUT2D eigenvalue weighted by Gasteiger charge is -2.34. The number of nitrogen functional groups attached to an aromatic ring is 1. The molecule has 2 saturated heterocycles. The van der Waals surface area contributed by atoms with Crippen LogP contribution in [0.1, 0.15) is 53.3 Å². The van der Waals surface area contributed by atoms with Gasteiger partial charge in [-0.2, -0.15) is 0 Å². The highest BCUT2D eigenvalue weighted by atomic mass is 16.2. The number of anilines is 2. The van der Waals surface area contributed by atoms with Crippen LogP contribution < -0.4 is 11.1 Å². The molecule has 0 radical (unpaired) electrons. The third-order valence-corrected chi connectivity index (χ3v) is 7.27. The molecule has 1 aromatic carbocycles. The van der Waals surface area contributed by atoms with Crippen LogP contribution in [0, 0.1) is 6.92 Å². The number of piperidine rings is 1. The zero-order valence-electron chi connectivity index (χ0n) is 20.0. The van der Waals surface area contributed by atoms with Crippen molar-refractivity contribution in [3.05, 3.63) is 71.9 Å². The summed E-state index contributed by atoms with van der Waals surface area (Å²) in [7, 11) is 0. The third-order valence-electron chi connectivity index (χ3n) is 7.27. The number of amides is 2. The summed E-state index contributed by atoms with van der Waals surface area (Å²) in [6.45, 7) is 2.63. The number of fused-ring (bicyclic) bond motifs is 2. The molecule has 182 valence electrons. The van der Waals surface area contributed by atoms with Crippen molar-refractivity contribution in [2.75, 3.05) is 17.6 Å². The molecular formula is C27H27N7O2. The topological polar surface area (TPSA) is 119 Å². The van der Waals surface area contributed by atoms with Crippen molar-refractivity contribution in [2.45, 2.75) is 44.6 Å². The molecule has 0 bridgehead atoms. The Morgan fingerprint density at radius 1 is 1.08 bits per heavy atom. The number of nitrogens with zero attached hydrogens (tertiary/aromatic N) is 5. The van der Waals surface area contributed by atoms with Crippen LogP contribution >= 0.6 is 0 Å². The summed E-state index contributed by atoms with van der Waals surface area (Å²) in [5.74, 6) is 1.92. The molecule has 5 heterocycles. The summed E-state index contributed by atoms with van der Waals surface area (Å²) in [5, 5.41) is 2.83. The molecule has 3 aromatic heterocycles. The quantitative estimate of drug-likeness (QED) is 0.458. The van der Waals surface area contributed by atoms with E-state index in [1.54, 1.807) is 24.5 Å². The molecule has 4 aromatic rings. The Bertz CT molecular complexity index is 1480. The number of hydrogen-bond acceptors (Lipinski definition) is 6. The van der Waals surface area contributed by atoms with Gasteiger partial charge in [0.25, 0.3) is 5.91 Å². The van der Waals surface area contributed by atoms with Gasteiger partial charge in [0.15, 0.2) is 0 Å². The van der Waals surface area contributed by atoms with Crippen molar-refractivity contribution in [3.8, 4) is 11.3 Å². The summed E-state index contributed by atoms with van der Waals surface area (Å²) in [6.07, 6.45) is 8.78. The van der Waals surface area contributed by atoms with Crippen LogP contribution in [0.5, 0.6) is 0 Å². The number of hydrogen-bond donors (Lipinski definition) is 2. The summed E-state index contributed by atoms with van der Waals surface area (Å²) < 4.78 is 2.01. The number of rotatable bonds is 4. The number of nitrogens with two attached hydrogens (primary N) is 1. The van der Waals surface area contributed by atoms with Gasteiger partial charge in [0, 0.05) is 54.6 Å². The van der Waals surface area contributed by atoms with Gasteiger partial charge in [-0.3, -0.25) is 14.0 Å². The average Bonchev–Trinajstić information content (AvgIpc) is 3.45. The molecule has 0 spiro atoms. The lowest BCUT2D eigenvalue weighted by Crippen LogP contribution is -2.41. The zero-order chi connectivity index (χ0) is 24.8. The Morgan fingerprint density at radius 2 is 1.92 bits per heavy atom. The van der Waals surface area contributed by atoms with E-state index in [-0.39, 0.29) is 17.7 Å². The van der Waals surface area contributed by atoms with E-state index in [2.05, 4.69) is 15.3 Å². The Balaban J connectivity index is 1.31. The molecule has 6 rings (SSSR count). The Morgan fingerprint density at radius 3 is 2.72 bits per heavy atom. The number of nitrogens with one attached hydrogen (secondary N) is 1. The average molecular weight is 482 g/mol. The maximum atomic E-state index is 12.7. The largest absolute Gasteiger partial charge is 0.382 e. The predicted molar refractivity (Wildman–Crippen MR) is 136 cm³/mol. The molecule has 9 heteroatoms. The van der Waals surface area contributed by atoms with Crippen molar-refractivity contribution in [2.24, 2.45) is 0 Å². The smallest absolute Gasteiger partial charge is 0.256 e. The van der Waals surface area contributed by atoms with Crippen molar-refractivity contribution in [1.82, 2.24) is 24.3 Å². The van der Waals surface area contributed by atoms with Gasteiger partial charge in [-0.1, -0.05) is 12.1 Å². The molecule has 3 N–H and O–H groups in total. The SMILES string of the molecule is Cc1ccnc(NC(=O)c2ccc(-c3nc([C@@H]4CC[C@H]5CCC(=O)N5C4)n4ccnc(N)c34)cc2)c1. The maximum absolute atomic E-state index is 12.7. The first kappa shape index (κ1) is 22.2. The normalized spacial score (nSPS) is 19.5. The van der Waals surface area contributed by atoms with E-state index < -0.39 is 0 Å². The minimum absolute atomic E-state index is 0.123. The number of imidazole rings is 1. The summed E-state index contributed by atoms with van der Waals surface area (Å²) in [5.41, 5.74) is 10.2. The molecule has 9 nitrogen and oxygen atoms in total. The molecule has 2 fully saturated rings. The second kappa shape index (κ2) is 8.75. The van der Waals surface area contributed by atoms with Crippen molar-refractivity contribution in [1.29, 1.82) is 0 Å². The van der Waals surface area contributed by atoms with Crippen LogP contribution in [-0.4, -0.2) is 48.7 Å². The molecule has 2 atom stereocenters. The van der Waals surface area contributed by atoms with Crippen molar-refractivity contribution < 1.29 is 9.59 Å². The van der Waals surface area contributed by atoms with E-state index in [1.165, 1.54) is 0 Å². The summed E-state index contributed by atoms with van der Waals surface area (Å²) in [4.78, 5) is 40.7. The second-order valence-corrected chi connectivity index (χ2v) is 9.61. The number of carbonyl (C=O) groups excluding carboxylic acids is 2. The van der Waals surface area contributed by atoms with Gasteiger partial charge >= 0.3 is 0 Å². The van der Waals surface area contributed by atoms with Gasteiger partial charge in [0.2, 0.25) is 5.91 Å². The van der Waals surface area contributed by atoms with Gasteiger partial charge in [-0.15, -0.1) is 0 Å². The highest BCUT2D eigenvalue weighted by molar-refractivity contribution is 6.04. The monoisotopic (exact) mass is 481 g/mol. The van der Waals surface area contributed by atoms with E-state index in [0.29, 0.717) is 36.2 Å². The molecule has 0 saturated carbocycles. The number of aryl methyl sites for hydroxylation is 1. The van der Waals surface area contributed by atoms with E-state index in [9.17, 15) is 9.59 Å². The van der Waals surface area contributed by atoms with Crippen LogP contribution in [0.3, 0.4) is 0 Å². The highest BCUT2D eigenvalue weighted by Crippen LogP contribution is 2.38. The molecule has 0 unspecified atom stereocenters. The van der Waals surface area contributed by atoms with E-state index >= 15 is 0 Å². The number of benzene rings is 1. The van der Waals surface area contributed by atoms with Gasteiger partial charge < -0.3 is 16.0 Å². The minimum Gasteiger partial charge on any atom is -0.382 e. The molecule has 36 heavy (non-hydrogen) atoms. The fourth-order valence-corrected chi connectivity index (χ4v) is 5.43. The zero-order valence-corrected chi connectivity index (χ0v) is 20.0. The number of pyridine rings is 1. The second-order valence-electron chi connectivity index (χ2n) is 9.61. The first-order chi connectivity index (χ1) is 17.5. The van der Waals surface area contributed by atoms with Gasteiger partial charge in [-0.25, -0.2) is 15.0 Å². The van der Waals surface area contributed by atoms with E-state index in [0.717, 1.165) is 47.4 Å². The minimum atomic E-state index is -0.233. The Labute approximate surface area is 208 Å². The van der Waals surface area contributed by atoms with Crippen molar-refractivity contribution >= 4 is 29.0 Å². The molecule has 2 aliphatic rings. The first-order valence-electron chi connectivity index (χ1n) is 12.2. The maximum Gasteiger partial charge on any atom is 0.256 e. The van der Waals surface area contributed by atoms with E-state index in [1.807, 2.05) is 46.7 Å². The molecular weight excluding hydrogens is 454 g/mol. The fourth-order valence-electron chi connectivity index (χ4n) is 5.43. The summed E-state index contributed by atoms with van der Waals surface area (Å²) >= 11 is 0. The number of carbonyl (C=O) groups is 2. The third kappa shape index (κ3) is 3.86.